The SMILES string of the molecule is OC[C@@]1(C(F)(F)F)O[C@@H](n2cncn2)[C@H](O)[C@@H]1O. The highest BCUT2D eigenvalue weighted by molar-refractivity contribution is 5.05. The number of halogens is 3. The minimum absolute atomic E-state index is 0.830. The summed E-state index contributed by atoms with van der Waals surface area (Å²) in [5, 5.41) is 31.5. The number of ether oxygens (including phenoxy) is 1. The van der Waals surface area contributed by atoms with Crippen LogP contribution in [0.15, 0.2) is 12.7 Å². The van der Waals surface area contributed by atoms with Crippen molar-refractivity contribution >= 4 is 0 Å². The Hall–Kier alpha value is -1.23. The molecule has 7 nitrogen and oxygen atoms in total. The van der Waals surface area contributed by atoms with Crippen molar-refractivity contribution in [3.63, 3.8) is 0 Å². The van der Waals surface area contributed by atoms with Crippen molar-refractivity contribution in [2.24, 2.45) is 0 Å². The van der Waals surface area contributed by atoms with Crippen molar-refractivity contribution in [1.82, 2.24) is 14.8 Å². The Kier molecular flexibility index (Phi) is 3.05. The van der Waals surface area contributed by atoms with E-state index in [1.165, 1.54) is 0 Å². The molecule has 0 saturated carbocycles. The van der Waals surface area contributed by atoms with Gasteiger partial charge in [0.05, 0.1) is 6.61 Å². The first kappa shape index (κ1) is 13.2. The van der Waals surface area contributed by atoms with Gasteiger partial charge in [-0.05, 0) is 0 Å². The van der Waals surface area contributed by atoms with E-state index in [-0.39, 0.29) is 0 Å². The van der Waals surface area contributed by atoms with Gasteiger partial charge in [-0.15, -0.1) is 0 Å². The van der Waals surface area contributed by atoms with Gasteiger partial charge in [-0.3, -0.25) is 0 Å². The van der Waals surface area contributed by atoms with Crippen molar-refractivity contribution in [3.05, 3.63) is 12.7 Å². The molecule has 1 saturated heterocycles. The Bertz CT molecular complexity index is 412. The molecule has 1 aliphatic rings. The molecule has 18 heavy (non-hydrogen) atoms. The Morgan fingerprint density at radius 3 is 2.44 bits per heavy atom. The lowest BCUT2D eigenvalue weighted by molar-refractivity contribution is -0.306. The van der Waals surface area contributed by atoms with Crippen LogP contribution >= 0.6 is 0 Å². The van der Waals surface area contributed by atoms with Crippen molar-refractivity contribution in [2.75, 3.05) is 6.61 Å². The molecule has 0 spiro atoms. The van der Waals surface area contributed by atoms with Gasteiger partial charge in [0.2, 0.25) is 5.60 Å². The third-order valence-corrected chi connectivity index (χ3v) is 2.84. The predicted octanol–water partition coefficient (Wildman–Crippen LogP) is -1.18. The normalized spacial score (nSPS) is 37.1. The van der Waals surface area contributed by atoms with Crippen LogP contribution in [0.5, 0.6) is 0 Å². The second-order valence-electron chi connectivity index (χ2n) is 3.86. The molecule has 2 heterocycles. The number of aromatic nitrogens is 3. The fourth-order valence-corrected chi connectivity index (χ4v) is 1.80. The molecule has 2 rings (SSSR count). The van der Waals surface area contributed by atoms with Gasteiger partial charge in [0.15, 0.2) is 6.23 Å². The second kappa shape index (κ2) is 4.16. The lowest BCUT2D eigenvalue weighted by Crippen LogP contribution is -2.57. The van der Waals surface area contributed by atoms with Crippen LogP contribution in [-0.2, 0) is 4.74 Å². The number of aliphatic hydroxyl groups excluding tert-OH is 3. The summed E-state index contributed by atoms with van der Waals surface area (Å²) in [7, 11) is 0. The van der Waals surface area contributed by atoms with E-state index < -0.39 is 36.8 Å². The maximum atomic E-state index is 12.9. The van der Waals surface area contributed by atoms with Crippen LogP contribution in [0.4, 0.5) is 13.2 Å². The summed E-state index contributed by atoms with van der Waals surface area (Å²) in [6.07, 6.45) is -8.76. The van der Waals surface area contributed by atoms with Crippen LogP contribution < -0.4 is 0 Å². The highest BCUT2D eigenvalue weighted by atomic mass is 19.4. The lowest BCUT2D eigenvalue weighted by atomic mass is 9.95. The summed E-state index contributed by atoms with van der Waals surface area (Å²) in [5.74, 6) is 0. The molecule has 1 aliphatic heterocycles. The van der Waals surface area contributed by atoms with Crippen molar-refractivity contribution in [3.8, 4) is 0 Å². The Labute approximate surface area is 98.4 Å². The molecule has 4 atom stereocenters. The maximum absolute atomic E-state index is 12.9. The molecule has 0 aromatic carbocycles. The number of hydrogen-bond acceptors (Lipinski definition) is 6. The first-order chi connectivity index (χ1) is 8.33. The molecular weight excluding hydrogens is 259 g/mol. The third-order valence-electron chi connectivity index (χ3n) is 2.84. The van der Waals surface area contributed by atoms with E-state index in [1.807, 2.05) is 0 Å². The average Bonchev–Trinajstić information content (AvgIpc) is 2.88. The zero-order valence-electron chi connectivity index (χ0n) is 8.82. The van der Waals surface area contributed by atoms with E-state index in [9.17, 15) is 23.4 Å². The van der Waals surface area contributed by atoms with Gasteiger partial charge in [0.25, 0.3) is 0 Å². The van der Waals surface area contributed by atoms with Crippen LogP contribution in [0, 0.1) is 0 Å². The van der Waals surface area contributed by atoms with Crippen LogP contribution in [0.25, 0.3) is 0 Å². The summed E-state index contributed by atoms with van der Waals surface area (Å²) < 4.78 is 44.0. The molecule has 102 valence electrons. The number of nitrogens with zero attached hydrogens (tertiary/aromatic N) is 3. The Balaban J connectivity index is 2.37. The van der Waals surface area contributed by atoms with E-state index >= 15 is 0 Å². The fourth-order valence-electron chi connectivity index (χ4n) is 1.80. The molecule has 10 heteroatoms. The van der Waals surface area contributed by atoms with Crippen molar-refractivity contribution in [2.45, 2.75) is 30.2 Å². The zero-order chi connectivity index (χ0) is 13.6. The summed E-state index contributed by atoms with van der Waals surface area (Å²) in [6.45, 7) is -1.51. The number of rotatable bonds is 2. The first-order valence-corrected chi connectivity index (χ1v) is 4.89. The van der Waals surface area contributed by atoms with E-state index in [1.54, 1.807) is 0 Å². The monoisotopic (exact) mass is 269 g/mol. The van der Waals surface area contributed by atoms with Gasteiger partial charge in [-0.1, -0.05) is 0 Å². The predicted molar refractivity (Wildman–Crippen MR) is 48.0 cm³/mol. The van der Waals surface area contributed by atoms with Crippen LogP contribution in [0.3, 0.4) is 0 Å². The lowest BCUT2D eigenvalue weighted by Gasteiger charge is -2.31. The molecule has 1 aromatic rings. The molecule has 0 amide bonds. The molecule has 0 aliphatic carbocycles. The van der Waals surface area contributed by atoms with Crippen LogP contribution in [-0.4, -0.2) is 60.7 Å². The van der Waals surface area contributed by atoms with Crippen LogP contribution in [0.2, 0.25) is 0 Å². The Morgan fingerprint density at radius 2 is 2.06 bits per heavy atom. The highest BCUT2D eigenvalue weighted by Gasteiger charge is 2.69. The topological polar surface area (TPSA) is 101 Å². The zero-order valence-corrected chi connectivity index (χ0v) is 8.82. The maximum Gasteiger partial charge on any atom is 0.422 e. The minimum Gasteiger partial charge on any atom is -0.393 e. The van der Waals surface area contributed by atoms with Crippen LogP contribution in [0.1, 0.15) is 6.23 Å². The summed E-state index contributed by atoms with van der Waals surface area (Å²) in [4.78, 5) is 3.50. The van der Waals surface area contributed by atoms with Gasteiger partial charge >= 0.3 is 6.18 Å². The fraction of sp³-hybridized carbons (Fsp3) is 0.750. The van der Waals surface area contributed by atoms with Crippen molar-refractivity contribution < 1.29 is 33.2 Å². The smallest absolute Gasteiger partial charge is 0.393 e. The van der Waals surface area contributed by atoms with Gasteiger partial charge in [-0.25, -0.2) is 9.67 Å². The largest absolute Gasteiger partial charge is 0.422 e. The second-order valence-corrected chi connectivity index (χ2v) is 3.86. The molecular formula is C8H10F3N3O4. The minimum atomic E-state index is -5.04. The summed E-state index contributed by atoms with van der Waals surface area (Å²) in [5.41, 5.74) is -3.23. The third kappa shape index (κ3) is 1.68. The van der Waals surface area contributed by atoms with Crippen molar-refractivity contribution in [1.29, 1.82) is 0 Å². The van der Waals surface area contributed by atoms with E-state index in [0.717, 1.165) is 17.3 Å². The molecule has 0 radical (unpaired) electrons. The summed E-state index contributed by atoms with van der Waals surface area (Å²) in [6, 6.07) is 0. The van der Waals surface area contributed by atoms with Gasteiger partial charge in [0, 0.05) is 0 Å². The highest BCUT2D eigenvalue weighted by Crippen LogP contribution is 2.46. The van der Waals surface area contributed by atoms with Gasteiger partial charge in [0.1, 0.15) is 24.9 Å². The van der Waals surface area contributed by atoms with E-state index in [2.05, 4.69) is 14.8 Å². The number of hydrogen-bond donors (Lipinski definition) is 3. The first-order valence-electron chi connectivity index (χ1n) is 4.89. The standard InChI is InChI=1S/C8H10F3N3O4/c9-8(10,11)7(1-15)5(17)4(16)6(18-7)14-3-12-2-13-14/h2-6,15-17H,1H2/t4-,5+,6-,7-/m1/s1. The van der Waals surface area contributed by atoms with E-state index in [4.69, 9.17) is 5.11 Å². The Morgan fingerprint density at radius 1 is 1.39 bits per heavy atom. The molecule has 0 unspecified atom stereocenters. The molecule has 3 N–H and O–H groups in total. The number of alkyl halides is 3. The van der Waals surface area contributed by atoms with Gasteiger partial charge in [-0.2, -0.15) is 18.3 Å². The quantitative estimate of drug-likeness (QED) is 0.625. The molecule has 1 fully saturated rings. The molecule has 1 aromatic heterocycles. The molecule has 0 bridgehead atoms. The van der Waals surface area contributed by atoms with E-state index in [0.29, 0.717) is 0 Å². The average molecular weight is 269 g/mol. The number of aliphatic hydroxyl groups is 3. The summed E-state index contributed by atoms with van der Waals surface area (Å²) >= 11 is 0. The van der Waals surface area contributed by atoms with Gasteiger partial charge < -0.3 is 20.1 Å².